The Morgan fingerprint density at radius 2 is 1.09 bits per heavy atom. The number of carbonyl (C=O) groups excluding carboxylic acids is 3. The molecule has 8 heteroatoms. The van der Waals surface area contributed by atoms with Crippen molar-refractivity contribution in [2.45, 2.75) is 44.2 Å². The molecule has 0 fully saturated rings. The maximum atomic E-state index is 13.5. The van der Waals surface area contributed by atoms with Gasteiger partial charge in [-0.05, 0) is 58.9 Å². The lowest BCUT2D eigenvalue weighted by Gasteiger charge is -2.37. The summed E-state index contributed by atoms with van der Waals surface area (Å²) in [6.45, 7) is 1.42. The second-order valence-electron chi connectivity index (χ2n) is 13.3. The smallest absolute Gasteiger partial charge is 0.226 e. The van der Waals surface area contributed by atoms with Crippen LogP contribution in [0.15, 0.2) is 164 Å². The van der Waals surface area contributed by atoms with Crippen LogP contribution in [0.2, 0.25) is 0 Å². The molecule has 0 unspecified atom stereocenters. The van der Waals surface area contributed by atoms with E-state index in [1.54, 1.807) is 6.20 Å². The highest BCUT2D eigenvalue weighted by molar-refractivity contribution is 5.81. The van der Waals surface area contributed by atoms with Crippen molar-refractivity contribution in [2.24, 2.45) is 0 Å². The molecule has 0 radical (unpaired) electrons. The van der Waals surface area contributed by atoms with E-state index in [-0.39, 0.29) is 37.0 Å². The van der Waals surface area contributed by atoms with Crippen molar-refractivity contribution in [2.75, 3.05) is 13.2 Å². The van der Waals surface area contributed by atoms with E-state index in [0.29, 0.717) is 38.2 Å². The fraction of sp³-hybridized carbons (Fsp3) is 0.191. The van der Waals surface area contributed by atoms with Crippen molar-refractivity contribution >= 4 is 17.7 Å². The molecule has 0 saturated heterocycles. The van der Waals surface area contributed by atoms with Crippen LogP contribution in [-0.2, 0) is 32.9 Å². The van der Waals surface area contributed by atoms with E-state index < -0.39 is 5.54 Å². The maximum Gasteiger partial charge on any atom is 0.226 e. The van der Waals surface area contributed by atoms with Gasteiger partial charge in [0.05, 0.1) is 13.0 Å². The molecule has 0 atom stereocenters. The summed E-state index contributed by atoms with van der Waals surface area (Å²) in [5.41, 5.74) is 5.69. The summed E-state index contributed by atoms with van der Waals surface area (Å²) >= 11 is 0. The zero-order valence-electron chi connectivity index (χ0n) is 30.8. The Hall–Kier alpha value is -6.54. The van der Waals surface area contributed by atoms with Gasteiger partial charge in [0.15, 0.2) is 0 Å². The second kappa shape index (κ2) is 19.5. The number of aromatic nitrogens is 1. The fourth-order valence-electron chi connectivity index (χ4n) is 6.51. The minimum absolute atomic E-state index is 0.0703. The van der Waals surface area contributed by atoms with Gasteiger partial charge in [-0.25, -0.2) is 0 Å². The Balaban J connectivity index is 0.905. The summed E-state index contributed by atoms with van der Waals surface area (Å²) in [5.74, 6) is 0.443. The van der Waals surface area contributed by atoms with Crippen LogP contribution in [0.5, 0.6) is 5.75 Å². The zero-order chi connectivity index (χ0) is 38.1. The molecule has 0 aliphatic rings. The molecule has 3 amide bonds. The molecule has 0 saturated carbocycles. The lowest BCUT2D eigenvalue weighted by atomic mass is 9.77. The second-order valence-corrected chi connectivity index (χ2v) is 13.3. The Morgan fingerprint density at radius 1 is 0.545 bits per heavy atom. The number of pyridine rings is 1. The normalized spacial score (nSPS) is 11.0. The van der Waals surface area contributed by atoms with Gasteiger partial charge in [0, 0.05) is 43.4 Å². The quantitative estimate of drug-likeness (QED) is 0.0619. The number of amides is 3. The molecule has 8 nitrogen and oxygen atoms in total. The van der Waals surface area contributed by atoms with Crippen molar-refractivity contribution < 1.29 is 19.1 Å². The monoisotopic (exact) mass is 730 g/mol. The molecule has 0 spiro atoms. The van der Waals surface area contributed by atoms with Gasteiger partial charge in [-0.3, -0.25) is 19.4 Å². The van der Waals surface area contributed by atoms with Gasteiger partial charge in [-0.15, -0.1) is 0 Å². The van der Waals surface area contributed by atoms with Crippen LogP contribution in [0.1, 0.15) is 53.6 Å². The average molecular weight is 731 g/mol. The number of rotatable bonds is 18. The standard InChI is InChI=1S/C47H46N4O4/c52-44(23-13-24-45(53)51-47(39-17-7-2-8-18-39,40-19-9-3-10-20-40)41-21-11-4-12-22-41)48-31-14-32-55-43-29-26-37(27-30-43)38-25-28-42(49-35-38)33-46(54)50-34-36-15-5-1-6-16-36/h1-12,15-22,25-30,35H,13-14,23-24,31-34H2,(H,48,52)(H,50,54)(H,51,53). The van der Waals surface area contributed by atoms with Crippen molar-refractivity contribution in [3.63, 3.8) is 0 Å². The van der Waals surface area contributed by atoms with Gasteiger partial charge in [-0.1, -0.05) is 140 Å². The van der Waals surface area contributed by atoms with E-state index in [2.05, 4.69) is 20.9 Å². The van der Waals surface area contributed by atoms with E-state index in [1.807, 2.05) is 158 Å². The number of hydrogen-bond donors (Lipinski definition) is 3. The molecule has 6 rings (SSSR count). The molecule has 1 heterocycles. The molecule has 0 aliphatic carbocycles. The third-order valence-corrected chi connectivity index (χ3v) is 9.35. The number of benzene rings is 5. The number of hydrogen-bond acceptors (Lipinski definition) is 5. The predicted molar refractivity (Wildman–Crippen MR) is 216 cm³/mol. The molecule has 6 aromatic rings. The fourth-order valence-corrected chi connectivity index (χ4v) is 6.51. The Morgan fingerprint density at radius 3 is 1.65 bits per heavy atom. The van der Waals surface area contributed by atoms with Crippen LogP contribution in [0, 0.1) is 0 Å². The van der Waals surface area contributed by atoms with E-state index in [0.717, 1.165) is 39.1 Å². The lowest BCUT2D eigenvalue weighted by Crippen LogP contribution is -2.47. The predicted octanol–water partition coefficient (Wildman–Crippen LogP) is 7.77. The van der Waals surface area contributed by atoms with Crippen LogP contribution < -0.4 is 20.7 Å². The highest BCUT2D eigenvalue weighted by Crippen LogP contribution is 2.37. The number of ether oxygens (including phenoxy) is 1. The van der Waals surface area contributed by atoms with Crippen LogP contribution >= 0.6 is 0 Å². The third-order valence-electron chi connectivity index (χ3n) is 9.35. The largest absolute Gasteiger partial charge is 0.494 e. The molecular formula is C47H46N4O4. The lowest BCUT2D eigenvalue weighted by molar-refractivity contribution is -0.123. The van der Waals surface area contributed by atoms with Gasteiger partial charge in [0.1, 0.15) is 11.3 Å². The van der Waals surface area contributed by atoms with Crippen molar-refractivity contribution in [1.82, 2.24) is 20.9 Å². The third kappa shape index (κ3) is 10.8. The Bertz CT molecular complexity index is 2000. The van der Waals surface area contributed by atoms with Gasteiger partial charge in [0.25, 0.3) is 0 Å². The first-order chi connectivity index (χ1) is 27.0. The number of nitrogens with one attached hydrogen (secondary N) is 3. The first kappa shape index (κ1) is 38.2. The van der Waals surface area contributed by atoms with Crippen molar-refractivity contribution in [3.8, 4) is 16.9 Å². The zero-order valence-corrected chi connectivity index (χ0v) is 30.8. The SMILES string of the molecule is O=C(CCCC(=O)NC(c1ccccc1)(c1ccccc1)c1ccccc1)NCCCOc1ccc(-c2ccc(CC(=O)NCc3ccccc3)nc2)cc1. The Kier molecular flexibility index (Phi) is 13.5. The van der Waals surface area contributed by atoms with E-state index in [1.165, 1.54) is 0 Å². The van der Waals surface area contributed by atoms with Gasteiger partial charge < -0.3 is 20.7 Å². The topological polar surface area (TPSA) is 109 Å². The molecule has 1 aromatic heterocycles. The van der Waals surface area contributed by atoms with Crippen molar-refractivity contribution in [1.29, 1.82) is 0 Å². The molecule has 278 valence electrons. The summed E-state index contributed by atoms with van der Waals surface area (Å²) in [7, 11) is 0. The van der Waals surface area contributed by atoms with Gasteiger partial charge in [0.2, 0.25) is 17.7 Å². The molecule has 0 bridgehead atoms. The van der Waals surface area contributed by atoms with Crippen LogP contribution in [0.25, 0.3) is 11.1 Å². The molecular weight excluding hydrogens is 685 g/mol. The summed E-state index contributed by atoms with van der Waals surface area (Å²) in [6.07, 6.45) is 3.54. The highest BCUT2D eigenvalue weighted by atomic mass is 16.5. The molecule has 0 aliphatic heterocycles. The van der Waals surface area contributed by atoms with E-state index >= 15 is 0 Å². The van der Waals surface area contributed by atoms with Gasteiger partial charge in [-0.2, -0.15) is 0 Å². The highest BCUT2D eigenvalue weighted by Gasteiger charge is 2.37. The number of nitrogens with zero attached hydrogens (tertiary/aromatic N) is 1. The molecule has 3 N–H and O–H groups in total. The molecule has 55 heavy (non-hydrogen) atoms. The number of carbonyl (C=O) groups is 3. The van der Waals surface area contributed by atoms with E-state index in [4.69, 9.17) is 4.74 Å². The van der Waals surface area contributed by atoms with Crippen LogP contribution in [-0.4, -0.2) is 35.9 Å². The molecule has 5 aromatic carbocycles. The average Bonchev–Trinajstić information content (AvgIpc) is 3.24. The van der Waals surface area contributed by atoms with Gasteiger partial charge >= 0.3 is 0 Å². The maximum absolute atomic E-state index is 13.5. The summed E-state index contributed by atoms with van der Waals surface area (Å²) < 4.78 is 5.90. The van der Waals surface area contributed by atoms with Crippen LogP contribution in [0.3, 0.4) is 0 Å². The first-order valence-corrected chi connectivity index (χ1v) is 18.7. The Labute approximate surface area is 323 Å². The summed E-state index contributed by atoms with van der Waals surface area (Å²) in [4.78, 5) is 43.0. The minimum Gasteiger partial charge on any atom is -0.494 e. The minimum atomic E-state index is -0.879. The van der Waals surface area contributed by atoms with Crippen molar-refractivity contribution in [3.05, 3.63) is 192 Å². The summed E-state index contributed by atoms with van der Waals surface area (Å²) in [6, 6.07) is 51.4. The first-order valence-electron chi connectivity index (χ1n) is 18.7. The van der Waals surface area contributed by atoms with Crippen LogP contribution in [0.4, 0.5) is 0 Å². The summed E-state index contributed by atoms with van der Waals surface area (Å²) in [5, 5.41) is 9.24. The van der Waals surface area contributed by atoms with E-state index in [9.17, 15) is 14.4 Å².